The molecule has 19 heavy (non-hydrogen) atoms. The van der Waals surface area contributed by atoms with Gasteiger partial charge in [-0.15, -0.1) is 0 Å². The SMILES string of the molecule is CC1CC(C(C)C(C)CCC2CCCC2)C(C)C1C. The van der Waals surface area contributed by atoms with Crippen LogP contribution in [0.15, 0.2) is 0 Å². The Hall–Kier alpha value is 0. The summed E-state index contributed by atoms with van der Waals surface area (Å²) in [5, 5.41) is 0. The zero-order valence-corrected chi connectivity index (χ0v) is 14.0. The first-order valence-electron chi connectivity index (χ1n) is 9.00. The van der Waals surface area contributed by atoms with Crippen molar-refractivity contribution in [2.24, 2.45) is 41.4 Å². The second-order valence-electron chi connectivity index (χ2n) is 8.16. The fraction of sp³-hybridized carbons (Fsp3) is 1.00. The van der Waals surface area contributed by atoms with Crippen LogP contribution in [0.4, 0.5) is 0 Å². The fourth-order valence-corrected chi connectivity index (χ4v) is 4.94. The van der Waals surface area contributed by atoms with E-state index in [4.69, 9.17) is 0 Å². The van der Waals surface area contributed by atoms with Gasteiger partial charge >= 0.3 is 0 Å². The molecular weight excluding hydrogens is 228 g/mol. The highest BCUT2D eigenvalue weighted by Gasteiger charge is 2.39. The van der Waals surface area contributed by atoms with Crippen molar-refractivity contribution in [1.82, 2.24) is 0 Å². The quantitative estimate of drug-likeness (QED) is 0.558. The molecule has 2 aliphatic rings. The number of hydrogen-bond acceptors (Lipinski definition) is 0. The van der Waals surface area contributed by atoms with Crippen LogP contribution >= 0.6 is 0 Å². The zero-order valence-electron chi connectivity index (χ0n) is 14.0. The van der Waals surface area contributed by atoms with Crippen LogP contribution < -0.4 is 0 Å². The van der Waals surface area contributed by atoms with Crippen LogP contribution in [0.3, 0.4) is 0 Å². The molecule has 0 bridgehead atoms. The van der Waals surface area contributed by atoms with Gasteiger partial charge in [0.25, 0.3) is 0 Å². The van der Waals surface area contributed by atoms with Gasteiger partial charge < -0.3 is 0 Å². The van der Waals surface area contributed by atoms with Crippen LogP contribution in [0.25, 0.3) is 0 Å². The van der Waals surface area contributed by atoms with Crippen molar-refractivity contribution in [2.75, 3.05) is 0 Å². The standard InChI is InChI=1S/C19H36/c1-13(10-11-18-8-6-7-9-18)16(4)19-12-14(2)15(3)17(19)5/h13-19H,6-12H2,1-5H3. The largest absolute Gasteiger partial charge is 0.0622 e. The maximum absolute atomic E-state index is 2.55. The normalized spacial score (nSPS) is 39.6. The molecule has 0 spiro atoms. The lowest BCUT2D eigenvalue weighted by Gasteiger charge is -2.30. The van der Waals surface area contributed by atoms with E-state index in [-0.39, 0.29) is 0 Å². The first kappa shape index (κ1) is 15.4. The van der Waals surface area contributed by atoms with Crippen LogP contribution in [-0.4, -0.2) is 0 Å². The Bertz CT molecular complexity index is 263. The van der Waals surface area contributed by atoms with Gasteiger partial charge in [0.1, 0.15) is 0 Å². The van der Waals surface area contributed by atoms with Gasteiger partial charge in [0, 0.05) is 0 Å². The monoisotopic (exact) mass is 264 g/mol. The molecule has 6 unspecified atom stereocenters. The zero-order chi connectivity index (χ0) is 14.0. The van der Waals surface area contributed by atoms with Gasteiger partial charge in [-0.05, 0) is 47.8 Å². The molecule has 0 saturated heterocycles. The maximum Gasteiger partial charge on any atom is -0.0355 e. The van der Waals surface area contributed by atoms with Gasteiger partial charge in [0.2, 0.25) is 0 Å². The van der Waals surface area contributed by atoms with E-state index in [0.717, 1.165) is 41.4 Å². The minimum Gasteiger partial charge on any atom is -0.0622 e. The fourth-order valence-electron chi connectivity index (χ4n) is 4.94. The molecule has 6 atom stereocenters. The molecule has 0 aliphatic heterocycles. The van der Waals surface area contributed by atoms with Crippen LogP contribution in [0.2, 0.25) is 0 Å². The Labute approximate surface area is 121 Å². The van der Waals surface area contributed by atoms with Crippen molar-refractivity contribution in [3.63, 3.8) is 0 Å². The van der Waals surface area contributed by atoms with Crippen LogP contribution in [0, 0.1) is 41.4 Å². The predicted octanol–water partition coefficient (Wildman–Crippen LogP) is 6.16. The average Bonchev–Trinajstić information content (AvgIpc) is 2.99. The lowest BCUT2D eigenvalue weighted by atomic mass is 9.75. The van der Waals surface area contributed by atoms with Crippen molar-refractivity contribution in [2.45, 2.75) is 79.6 Å². The third kappa shape index (κ3) is 3.56. The van der Waals surface area contributed by atoms with Gasteiger partial charge in [-0.1, -0.05) is 73.1 Å². The third-order valence-corrected chi connectivity index (χ3v) is 7.12. The Balaban J connectivity index is 1.79. The number of rotatable bonds is 5. The highest BCUT2D eigenvalue weighted by molar-refractivity contribution is 4.88. The van der Waals surface area contributed by atoms with Gasteiger partial charge in [-0.3, -0.25) is 0 Å². The van der Waals surface area contributed by atoms with Crippen LogP contribution in [-0.2, 0) is 0 Å². The van der Waals surface area contributed by atoms with E-state index in [1.54, 1.807) is 0 Å². The van der Waals surface area contributed by atoms with Crippen LogP contribution in [0.5, 0.6) is 0 Å². The van der Waals surface area contributed by atoms with E-state index in [2.05, 4.69) is 34.6 Å². The summed E-state index contributed by atoms with van der Waals surface area (Å²) in [6.07, 6.45) is 10.5. The molecule has 0 nitrogen and oxygen atoms in total. The van der Waals surface area contributed by atoms with E-state index < -0.39 is 0 Å². The van der Waals surface area contributed by atoms with Crippen molar-refractivity contribution in [3.8, 4) is 0 Å². The summed E-state index contributed by atoms with van der Waals surface area (Å²) in [6.45, 7) is 12.5. The van der Waals surface area contributed by atoms with Gasteiger partial charge in [-0.2, -0.15) is 0 Å². The summed E-state index contributed by atoms with van der Waals surface area (Å²) >= 11 is 0. The maximum atomic E-state index is 2.55. The van der Waals surface area contributed by atoms with Gasteiger partial charge in [-0.25, -0.2) is 0 Å². The lowest BCUT2D eigenvalue weighted by molar-refractivity contribution is 0.191. The molecule has 0 aromatic heterocycles. The first-order valence-corrected chi connectivity index (χ1v) is 9.00. The lowest BCUT2D eigenvalue weighted by Crippen LogP contribution is -2.23. The first-order chi connectivity index (χ1) is 9.00. The third-order valence-electron chi connectivity index (χ3n) is 7.12. The second kappa shape index (κ2) is 6.64. The average molecular weight is 264 g/mol. The molecule has 2 fully saturated rings. The minimum absolute atomic E-state index is 0.934. The van der Waals surface area contributed by atoms with E-state index in [0.29, 0.717) is 0 Å². The molecule has 0 heteroatoms. The molecule has 112 valence electrons. The Morgan fingerprint density at radius 3 is 2.11 bits per heavy atom. The molecule has 2 rings (SSSR count). The molecule has 0 aromatic rings. The predicted molar refractivity (Wildman–Crippen MR) is 85.1 cm³/mol. The molecular formula is C19H36. The molecule has 0 heterocycles. The summed E-state index contributed by atoms with van der Waals surface area (Å²) in [5.41, 5.74) is 0. The minimum atomic E-state index is 0.934. The molecule has 0 amide bonds. The molecule has 2 aliphatic carbocycles. The van der Waals surface area contributed by atoms with Crippen molar-refractivity contribution < 1.29 is 0 Å². The molecule has 0 aromatic carbocycles. The van der Waals surface area contributed by atoms with E-state index in [9.17, 15) is 0 Å². The summed E-state index contributed by atoms with van der Waals surface area (Å²) in [7, 11) is 0. The molecule has 0 N–H and O–H groups in total. The van der Waals surface area contributed by atoms with Crippen LogP contribution in [0.1, 0.15) is 79.6 Å². The Morgan fingerprint density at radius 2 is 1.58 bits per heavy atom. The van der Waals surface area contributed by atoms with E-state index in [1.165, 1.54) is 44.9 Å². The summed E-state index contributed by atoms with van der Waals surface area (Å²) in [6, 6.07) is 0. The molecule has 0 radical (unpaired) electrons. The van der Waals surface area contributed by atoms with E-state index in [1.807, 2.05) is 0 Å². The Morgan fingerprint density at radius 1 is 0.947 bits per heavy atom. The van der Waals surface area contributed by atoms with E-state index >= 15 is 0 Å². The Kier molecular flexibility index (Phi) is 5.37. The topological polar surface area (TPSA) is 0 Å². The summed E-state index contributed by atoms with van der Waals surface area (Å²) in [4.78, 5) is 0. The van der Waals surface area contributed by atoms with Crippen molar-refractivity contribution in [3.05, 3.63) is 0 Å². The van der Waals surface area contributed by atoms with Crippen molar-refractivity contribution >= 4 is 0 Å². The summed E-state index contributed by atoms with van der Waals surface area (Å²) < 4.78 is 0. The van der Waals surface area contributed by atoms with Gasteiger partial charge in [0.05, 0.1) is 0 Å². The highest BCUT2D eigenvalue weighted by Crippen LogP contribution is 2.47. The highest BCUT2D eigenvalue weighted by atomic mass is 14.4. The molecule has 2 saturated carbocycles. The second-order valence-corrected chi connectivity index (χ2v) is 8.16. The smallest absolute Gasteiger partial charge is 0.0355 e. The van der Waals surface area contributed by atoms with Crippen molar-refractivity contribution in [1.29, 1.82) is 0 Å². The van der Waals surface area contributed by atoms with Gasteiger partial charge in [0.15, 0.2) is 0 Å². The summed E-state index contributed by atoms with van der Waals surface area (Å²) in [5.74, 6) is 6.77. The number of hydrogen-bond donors (Lipinski definition) is 0.